The molecule has 6 nitrogen and oxygen atoms in total. The van der Waals surface area contributed by atoms with Crippen molar-refractivity contribution in [3.05, 3.63) is 63.6 Å². The lowest BCUT2D eigenvalue weighted by atomic mass is 10.1. The van der Waals surface area contributed by atoms with E-state index in [2.05, 4.69) is 10.1 Å². The number of hydrogen-bond acceptors (Lipinski definition) is 5. The number of hydrogen-bond donors (Lipinski definition) is 1. The standard InChI is InChI=1S/C18H15Cl2NO5/c1-10(16(22)21-15-9-11(19)7-8-14(15)20)26-18(24)13-6-4-3-5-12(13)17(23)25-2/h3-10H,1-2H3,(H,21,22). The maximum absolute atomic E-state index is 12.3. The Morgan fingerprint density at radius 3 is 2.23 bits per heavy atom. The molecule has 26 heavy (non-hydrogen) atoms. The van der Waals surface area contributed by atoms with E-state index in [0.717, 1.165) is 0 Å². The van der Waals surface area contributed by atoms with Gasteiger partial charge in [-0.25, -0.2) is 9.59 Å². The molecule has 0 heterocycles. The van der Waals surface area contributed by atoms with E-state index in [1.54, 1.807) is 18.2 Å². The lowest BCUT2D eigenvalue weighted by Crippen LogP contribution is -2.30. The first-order valence-corrected chi connectivity index (χ1v) is 8.23. The predicted octanol–water partition coefficient (Wildman–Crippen LogP) is 3.96. The van der Waals surface area contributed by atoms with E-state index in [9.17, 15) is 14.4 Å². The highest BCUT2D eigenvalue weighted by Gasteiger charge is 2.23. The number of anilines is 1. The molecule has 0 aliphatic carbocycles. The number of carbonyl (C=O) groups is 3. The quantitative estimate of drug-likeness (QED) is 0.774. The smallest absolute Gasteiger partial charge is 0.339 e. The van der Waals surface area contributed by atoms with Crippen LogP contribution in [-0.2, 0) is 14.3 Å². The largest absolute Gasteiger partial charge is 0.465 e. The van der Waals surface area contributed by atoms with Crippen LogP contribution in [0, 0.1) is 0 Å². The molecule has 0 radical (unpaired) electrons. The fourth-order valence-corrected chi connectivity index (χ4v) is 2.39. The van der Waals surface area contributed by atoms with Gasteiger partial charge in [0, 0.05) is 5.02 Å². The Kier molecular flexibility index (Phi) is 6.60. The molecule has 0 fully saturated rings. The Hall–Kier alpha value is -2.57. The van der Waals surface area contributed by atoms with Crippen LogP contribution in [0.4, 0.5) is 5.69 Å². The molecular weight excluding hydrogens is 381 g/mol. The number of esters is 2. The van der Waals surface area contributed by atoms with Crippen molar-refractivity contribution in [2.75, 3.05) is 12.4 Å². The molecule has 0 saturated carbocycles. The number of ether oxygens (including phenoxy) is 2. The number of rotatable bonds is 5. The molecule has 0 spiro atoms. The van der Waals surface area contributed by atoms with Gasteiger partial charge in [0.15, 0.2) is 6.10 Å². The zero-order valence-corrected chi connectivity index (χ0v) is 15.4. The topological polar surface area (TPSA) is 81.7 Å². The molecule has 0 aliphatic rings. The van der Waals surface area contributed by atoms with Crippen molar-refractivity contribution < 1.29 is 23.9 Å². The molecule has 136 valence electrons. The number of carbonyl (C=O) groups excluding carboxylic acids is 3. The third-order valence-corrected chi connectivity index (χ3v) is 3.96. The average molecular weight is 396 g/mol. The van der Waals surface area contributed by atoms with E-state index in [0.29, 0.717) is 10.7 Å². The van der Waals surface area contributed by atoms with Gasteiger partial charge in [-0.3, -0.25) is 4.79 Å². The van der Waals surface area contributed by atoms with Crippen molar-refractivity contribution >= 4 is 46.7 Å². The summed E-state index contributed by atoms with van der Waals surface area (Å²) in [5, 5.41) is 3.21. The molecule has 0 aliphatic heterocycles. The Bertz CT molecular complexity index is 853. The molecule has 0 saturated heterocycles. The second-order valence-electron chi connectivity index (χ2n) is 5.20. The van der Waals surface area contributed by atoms with E-state index >= 15 is 0 Å². The van der Waals surface area contributed by atoms with Gasteiger partial charge in [-0.15, -0.1) is 0 Å². The number of nitrogens with one attached hydrogen (secondary N) is 1. The summed E-state index contributed by atoms with van der Waals surface area (Å²) in [6.07, 6.45) is -1.14. The number of halogens is 2. The summed E-state index contributed by atoms with van der Waals surface area (Å²) in [5.41, 5.74) is 0.340. The summed E-state index contributed by atoms with van der Waals surface area (Å²) in [5.74, 6) is -2.11. The maximum atomic E-state index is 12.3. The first-order chi connectivity index (χ1) is 12.3. The number of methoxy groups -OCH3 is 1. The molecule has 1 unspecified atom stereocenters. The highest BCUT2D eigenvalue weighted by Crippen LogP contribution is 2.25. The van der Waals surface area contributed by atoms with Crippen LogP contribution < -0.4 is 5.32 Å². The Balaban J connectivity index is 2.11. The lowest BCUT2D eigenvalue weighted by Gasteiger charge is -2.15. The van der Waals surface area contributed by atoms with Gasteiger partial charge in [-0.2, -0.15) is 0 Å². The fraction of sp³-hybridized carbons (Fsp3) is 0.167. The van der Waals surface area contributed by atoms with Crippen molar-refractivity contribution in [3.8, 4) is 0 Å². The molecule has 0 aromatic heterocycles. The monoisotopic (exact) mass is 395 g/mol. The fourth-order valence-electron chi connectivity index (χ4n) is 2.05. The van der Waals surface area contributed by atoms with E-state index in [4.69, 9.17) is 27.9 Å². The number of benzene rings is 2. The minimum Gasteiger partial charge on any atom is -0.465 e. The summed E-state index contributed by atoms with van der Waals surface area (Å²) in [4.78, 5) is 36.3. The van der Waals surface area contributed by atoms with Gasteiger partial charge in [0.1, 0.15) is 0 Å². The van der Waals surface area contributed by atoms with Crippen molar-refractivity contribution in [1.82, 2.24) is 0 Å². The molecule has 1 N–H and O–H groups in total. The summed E-state index contributed by atoms with van der Waals surface area (Å²) >= 11 is 11.9. The second kappa shape index (κ2) is 8.69. The van der Waals surface area contributed by atoms with Crippen LogP contribution in [0.1, 0.15) is 27.6 Å². The van der Waals surface area contributed by atoms with Crippen LogP contribution in [0.2, 0.25) is 10.0 Å². The van der Waals surface area contributed by atoms with Gasteiger partial charge in [0.25, 0.3) is 5.91 Å². The molecule has 1 amide bonds. The predicted molar refractivity (Wildman–Crippen MR) is 97.8 cm³/mol. The number of amides is 1. The van der Waals surface area contributed by atoms with Crippen LogP contribution in [0.25, 0.3) is 0 Å². The van der Waals surface area contributed by atoms with Crippen LogP contribution in [0.5, 0.6) is 0 Å². The molecule has 1 atom stereocenters. The molecule has 0 bridgehead atoms. The molecule has 8 heteroatoms. The van der Waals surface area contributed by atoms with E-state index in [1.165, 1.54) is 38.3 Å². The highest BCUT2D eigenvalue weighted by molar-refractivity contribution is 6.35. The summed E-state index contributed by atoms with van der Waals surface area (Å²) in [6, 6.07) is 10.6. The molecule has 2 aromatic carbocycles. The van der Waals surface area contributed by atoms with Gasteiger partial charge >= 0.3 is 11.9 Å². The zero-order chi connectivity index (χ0) is 19.3. The molecule has 2 aromatic rings. The van der Waals surface area contributed by atoms with Gasteiger partial charge in [-0.1, -0.05) is 35.3 Å². The van der Waals surface area contributed by atoms with Crippen molar-refractivity contribution in [2.24, 2.45) is 0 Å². The van der Waals surface area contributed by atoms with Crippen LogP contribution >= 0.6 is 23.2 Å². The van der Waals surface area contributed by atoms with Crippen molar-refractivity contribution in [2.45, 2.75) is 13.0 Å². The van der Waals surface area contributed by atoms with Crippen molar-refractivity contribution in [3.63, 3.8) is 0 Å². The maximum Gasteiger partial charge on any atom is 0.339 e. The Morgan fingerprint density at radius 2 is 1.62 bits per heavy atom. The molecule has 2 rings (SSSR count). The second-order valence-corrected chi connectivity index (χ2v) is 6.04. The third-order valence-electron chi connectivity index (χ3n) is 3.39. The summed E-state index contributed by atoms with van der Waals surface area (Å²) in [6.45, 7) is 1.40. The van der Waals surface area contributed by atoms with Crippen LogP contribution in [0.15, 0.2) is 42.5 Å². The van der Waals surface area contributed by atoms with Crippen molar-refractivity contribution in [1.29, 1.82) is 0 Å². The van der Waals surface area contributed by atoms with Gasteiger partial charge < -0.3 is 14.8 Å². The van der Waals surface area contributed by atoms with Gasteiger partial charge in [-0.05, 0) is 37.3 Å². The SMILES string of the molecule is COC(=O)c1ccccc1C(=O)OC(C)C(=O)Nc1cc(Cl)ccc1Cl. The first-order valence-electron chi connectivity index (χ1n) is 7.47. The van der Waals surface area contributed by atoms with E-state index in [-0.39, 0.29) is 16.1 Å². The summed E-state index contributed by atoms with van der Waals surface area (Å²) < 4.78 is 9.77. The zero-order valence-electron chi connectivity index (χ0n) is 13.9. The van der Waals surface area contributed by atoms with E-state index in [1.807, 2.05) is 0 Å². The van der Waals surface area contributed by atoms with Gasteiger partial charge in [0.2, 0.25) is 0 Å². The summed E-state index contributed by atoms with van der Waals surface area (Å²) in [7, 11) is 1.20. The Labute approximate surface area is 160 Å². The van der Waals surface area contributed by atoms with Crippen LogP contribution in [0.3, 0.4) is 0 Å². The minimum absolute atomic E-state index is 0.000196. The minimum atomic E-state index is -1.14. The Morgan fingerprint density at radius 1 is 1.00 bits per heavy atom. The lowest BCUT2D eigenvalue weighted by molar-refractivity contribution is -0.123. The first kappa shape index (κ1) is 19.8. The van der Waals surface area contributed by atoms with Gasteiger partial charge in [0.05, 0.1) is 28.9 Å². The van der Waals surface area contributed by atoms with Crippen LogP contribution in [-0.4, -0.2) is 31.1 Å². The highest BCUT2D eigenvalue weighted by atomic mass is 35.5. The normalized spacial score (nSPS) is 11.4. The average Bonchev–Trinajstić information content (AvgIpc) is 2.63. The molecular formula is C18H15Cl2NO5. The third kappa shape index (κ3) is 4.74. The van der Waals surface area contributed by atoms with E-state index < -0.39 is 23.9 Å².